The van der Waals surface area contributed by atoms with Crippen molar-refractivity contribution in [1.82, 2.24) is 0 Å². The number of rotatable bonds is 4. The van der Waals surface area contributed by atoms with Crippen molar-refractivity contribution in [1.29, 1.82) is 5.26 Å². The zero-order valence-corrected chi connectivity index (χ0v) is 6.93. The first-order chi connectivity index (χ1) is 4.27. The van der Waals surface area contributed by atoms with Gasteiger partial charge in [0.2, 0.25) is 0 Å². The number of nitriles is 1. The first kappa shape index (κ1) is 9.15. The van der Waals surface area contributed by atoms with E-state index in [1.807, 2.05) is 5.40 Å². The van der Waals surface area contributed by atoms with Gasteiger partial charge in [0.15, 0.2) is 0 Å². The maximum atomic E-state index is 10.4. The van der Waals surface area contributed by atoms with Crippen LogP contribution in [0.2, 0.25) is 0 Å². The fourth-order valence-electron chi connectivity index (χ4n) is 0.380. The van der Waals surface area contributed by atoms with Gasteiger partial charge < -0.3 is 4.55 Å². The molecule has 0 heterocycles. The van der Waals surface area contributed by atoms with Crippen LogP contribution in [0.5, 0.6) is 0 Å². The molecule has 0 aromatic heterocycles. The van der Waals surface area contributed by atoms with Gasteiger partial charge in [0.25, 0.3) is 0 Å². The minimum atomic E-state index is -0.692. The molecular formula is C5H9NOS2. The van der Waals surface area contributed by atoms with Gasteiger partial charge >= 0.3 is 0 Å². The Bertz CT molecular complexity index is 99.6. The topological polar surface area (TPSA) is 46.8 Å². The average Bonchev–Trinajstić information content (AvgIpc) is 1.80. The number of hydrogen-bond donors (Lipinski definition) is 0. The highest BCUT2D eigenvalue weighted by Gasteiger charge is 1.95. The highest BCUT2D eigenvalue weighted by atomic mass is 32.2. The number of thioether (sulfide) groups is 1. The number of hydrogen-bond acceptors (Lipinski definition) is 3. The Morgan fingerprint density at radius 2 is 2.44 bits per heavy atom. The molecule has 1 unspecified atom stereocenters. The maximum absolute atomic E-state index is 10.4. The second-order valence-corrected chi connectivity index (χ2v) is 4.00. The van der Waals surface area contributed by atoms with Crippen molar-refractivity contribution in [2.24, 2.45) is 0 Å². The fraction of sp³-hybridized carbons (Fsp3) is 0.800. The van der Waals surface area contributed by atoms with Gasteiger partial charge in [-0.15, -0.1) is 0 Å². The summed E-state index contributed by atoms with van der Waals surface area (Å²) in [4.78, 5) is 0. The SMILES string of the molecule is C[S+]([O-])CCCSC#N. The smallest absolute Gasteiger partial charge is 0.133 e. The average molecular weight is 163 g/mol. The Labute approximate surface area is 62.8 Å². The van der Waals surface area contributed by atoms with E-state index >= 15 is 0 Å². The predicted octanol–water partition coefficient (Wildman–Crippen LogP) is 0.969. The van der Waals surface area contributed by atoms with Crippen LogP contribution in [0.3, 0.4) is 0 Å². The summed E-state index contributed by atoms with van der Waals surface area (Å²) < 4.78 is 10.4. The van der Waals surface area contributed by atoms with Crippen molar-refractivity contribution in [3.05, 3.63) is 0 Å². The molecule has 0 saturated carbocycles. The number of nitrogens with zero attached hydrogens (tertiary/aromatic N) is 1. The van der Waals surface area contributed by atoms with Crippen LogP contribution in [-0.2, 0) is 11.2 Å². The van der Waals surface area contributed by atoms with Gasteiger partial charge in [-0.25, -0.2) is 0 Å². The Morgan fingerprint density at radius 3 is 2.89 bits per heavy atom. The second kappa shape index (κ2) is 6.27. The molecule has 0 radical (unpaired) electrons. The third-order valence-electron chi connectivity index (χ3n) is 0.743. The highest BCUT2D eigenvalue weighted by Crippen LogP contribution is 1.99. The van der Waals surface area contributed by atoms with Crippen molar-refractivity contribution in [2.45, 2.75) is 6.42 Å². The summed E-state index contributed by atoms with van der Waals surface area (Å²) in [6.45, 7) is 0. The third-order valence-corrected chi connectivity index (χ3v) is 2.23. The maximum Gasteiger partial charge on any atom is 0.133 e. The molecule has 0 aliphatic carbocycles. The summed E-state index contributed by atoms with van der Waals surface area (Å²) in [5.41, 5.74) is 0. The molecule has 0 N–H and O–H groups in total. The summed E-state index contributed by atoms with van der Waals surface area (Å²) in [5, 5.41) is 10.0. The molecule has 1 atom stereocenters. The van der Waals surface area contributed by atoms with Crippen LogP contribution in [0.1, 0.15) is 6.42 Å². The Hall–Kier alpha value is 0.150. The largest absolute Gasteiger partial charge is 0.617 e. The molecule has 4 heteroatoms. The van der Waals surface area contributed by atoms with E-state index in [-0.39, 0.29) is 0 Å². The van der Waals surface area contributed by atoms with Crippen molar-refractivity contribution in [3.63, 3.8) is 0 Å². The second-order valence-electron chi connectivity index (χ2n) is 1.57. The molecule has 2 nitrogen and oxygen atoms in total. The molecule has 0 rings (SSSR count). The zero-order chi connectivity index (χ0) is 7.11. The molecule has 9 heavy (non-hydrogen) atoms. The summed E-state index contributed by atoms with van der Waals surface area (Å²) in [7, 11) is 0. The molecule has 0 saturated heterocycles. The quantitative estimate of drug-likeness (QED) is 0.352. The molecule has 0 aromatic carbocycles. The van der Waals surface area contributed by atoms with Crippen LogP contribution >= 0.6 is 11.8 Å². The van der Waals surface area contributed by atoms with Crippen LogP contribution in [0.15, 0.2) is 0 Å². The molecule has 0 bridgehead atoms. The minimum absolute atomic E-state index is 0.692. The van der Waals surface area contributed by atoms with Crippen LogP contribution < -0.4 is 0 Å². The zero-order valence-electron chi connectivity index (χ0n) is 5.29. The Kier molecular flexibility index (Phi) is 6.38. The Morgan fingerprint density at radius 1 is 1.78 bits per heavy atom. The third kappa shape index (κ3) is 8.15. The van der Waals surface area contributed by atoms with Crippen molar-refractivity contribution in [3.8, 4) is 5.40 Å². The molecule has 0 aliphatic rings. The van der Waals surface area contributed by atoms with Crippen molar-refractivity contribution < 1.29 is 4.55 Å². The molecule has 0 fully saturated rings. The lowest BCUT2D eigenvalue weighted by atomic mass is 10.6. The van der Waals surface area contributed by atoms with E-state index in [0.717, 1.165) is 12.2 Å². The summed E-state index contributed by atoms with van der Waals surface area (Å²) in [5.74, 6) is 1.52. The molecular weight excluding hydrogens is 154 g/mol. The first-order valence-corrected chi connectivity index (χ1v) is 5.29. The van der Waals surface area contributed by atoms with E-state index in [0.29, 0.717) is 5.75 Å². The van der Waals surface area contributed by atoms with Gasteiger partial charge in [0.05, 0.1) is 6.26 Å². The lowest BCUT2D eigenvalue weighted by molar-refractivity contribution is 0.599. The minimum Gasteiger partial charge on any atom is -0.617 e. The fourth-order valence-corrected chi connectivity index (χ4v) is 1.49. The number of thiocyanates is 1. The van der Waals surface area contributed by atoms with Gasteiger partial charge in [-0.2, -0.15) is 5.26 Å². The van der Waals surface area contributed by atoms with E-state index in [1.165, 1.54) is 11.8 Å². The van der Waals surface area contributed by atoms with E-state index in [2.05, 4.69) is 0 Å². The van der Waals surface area contributed by atoms with Crippen LogP contribution in [-0.4, -0.2) is 22.3 Å². The van der Waals surface area contributed by atoms with Gasteiger partial charge in [0.1, 0.15) is 11.2 Å². The van der Waals surface area contributed by atoms with Crippen LogP contribution in [0.25, 0.3) is 0 Å². The molecule has 0 aromatic rings. The first-order valence-electron chi connectivity index (χ1n) is 2.58. The predicted molar refractivity (Wildman–Crippen MR) is 41.6 cm³/mol. The standard InChI is InChI=1S/C5H9NOS2/c1-9(7)4-2-3-8-5-6/h2-4H2,1H3. The molecule has 0 amide bonds. The Balaban J connectivity index is 2.85. The van der Waals surface area contributed by atoms with E-state index in [4.69, 9.17) is 5.26 Å². The van der Waals surface area contributed by atoms with E-state index < -0.39 is 11.2 Å². The highest BCUT2D eigenvalue weighted by molar-refractivity contribution is 8.03. The van der Waals surface area contributed by atoms with Gasteiger partial charge in [-0.3, -0.25) is 0 Å². The normalized spacial score (nSPS) is 12.6. The van der Waals surface area contributed by atoms with Gasteiger partial charge in [-0.05, 0) is 11.8 Å². The summed E-state index contributed by atoms with van der Waals surface area (Å²) >= 11 is 0.529. The van der Waals surface area contributed by atoms with Crippen molar-refractivity contribution >= 4 is 22.9 Å². The lowest BCUT2D eigenvalue weighted by Gasteiger charge is -2.01. The van der Waals surface area contributed by atoms with Crippen molar-refractivity contribution in [2.75, 3.05) is 17.8 Å². The summed E-state index contributed by atoms with van der Waals surface area (Å²) in [6, 6.07) is 0. The van der Waals surface area contributed by atoms with Gasteiger partial charge in [-0.1, -0.05) is 11.2 Å². The molecule has 0 aliphatic heterocycles. The van der Waals surface area contributed by atoms with E-state index in [9.17, 15) is 4.55 Å². The van der Waals surface area contributed by atoms with Crippen LogP contribution in [0.4, 0.5) is 0 Å². The lowest BCUT2D eigenvalue weighted by Crippen LogP contribution is -2.03. The van der Waals surface area contributed by atoms with Crippen LogP contribution in [0, 0.1) is 10.7 Å². The summed E-state index contributed by atoms with van der Waals surface area (Å²) in [6.07, 6.45) is 2.55. The van der Waals surface area contributed by atoms with E-state index in [1.54, 1.807) is 6.26 Å². The molecule has 0 spiro atoms. The van der Waals surface area contributed by atoms with Gasteiger partial charge in [0, 0.05) is 12.2 Å². The molecule has 52 valence electrons. The monoisotopic (exact) mass is 163 g/mol.